The topological polar surface area (TPSA) is 149 Å². The number of aliphatic hydroxyl groups excluding tert-OH is 2. The lowest BCUT2D eigenvalue weighted by Gasteiger charge is -2.20. The third-order valence-corrected chi connectivity index (χ3v) is 10.1. The minimum atomic E-state index is -4.62. The van der Waals surface area contributed by atoms with Gasteiger partial charge >= 0.3 is 19.8 Å². The Morgan fingerprint density at radius 1 is 0.566 bits per heavy atom. The number of esters is 2. The van der Waals surface area contributed by atoms with E-state index in [1.165, 1.54) is 122 Å². The van der Waals surface area contributed by atoms with E-state index in [-0.39, 0.29) is 19.4 Å². The van der Waals surface area contributed by atoms with Gasteiger partial charge in [-0.1, -0.05) is 173 Å². The van der Waals surface area contributed by atoms with E-state index in [4.69, 9.17) is 19.1 Å². The molecule has 312 valence electrons. The van der Waals surface area contributed by atoms with Gasteiger partial charge in [0.25, 0.3) is 0 Å². The summed E-state index contributed by atoms with van der Waals surface area (Å²) in [6.07, 6.45) is 37.3. The second kappa shape index (κ2) is 38.7. The molecule has 0 aromatic rings. The minimum Gasteiger partial charge on any atom is -0.462 e. The minimum absolute atomic E-state index is 0.0814. The van der Waals surface area contributed by atoms with E-state index in [9.17, 15) is 24.2 Å². The van der Waals surface area contributed by atoms with Gasteiger partial charge in [0.1, 0.15) is 12.7 Å². The molecule has 0 saturated heterocycles. The fourth-order valence-corrected chi connectivity index (χ4v) is 6.60. The maximum absolute atomic E-state index is 12.5. The summed E-state index contributed by atoms with van der Waals surface area (Å²) in [5.41, 5.74) is 0. The number of phosphoric ester groups is 1. The van der Waals surface area contributed by atoms with Gasteiger partial charge in [0.05, 0.1) is 19.8 Å². The highest BCUT2D eigenvalue weighted by molar-refractivity contribution is 7.47. The summed E-state index contributed by atoms with van der Waals surface area (Å²) >= 11 is 0. The Labute approximate surface area is 323 Å². The zero-order valence-corrected chi connectivity index (χ0v) is 34.6. The molecule has 0 aliphatic rings. The van der Waals surface area contributed by atoms with Crippen molar-refractivity contribution in [1.29, 1.82) is 0 Å². The number of carbonyl (C=O) groups is 2. The molecule has 0 fully saturated rings. The van der Waals surface area contributed by atoms with Crippen molar-refractivity contribution in [3.63, 3.8) is 0 Å². The van der Waals surface area contributed by atoms with Gasteiger partial charge in [-0.05, 0) is 32.1 Å². The number of hydrogen-bond acceptors (Lipinski definition) is 9. The number of ether oxygens (including phenoxy) is 2. The number of unbranched alkanes of at least 4 members (excludes halogenated alkanes) is 22. The van der Waals surface area contributed by atoms with Crippen LogP contribution in [-0.2, 0) is 32.7 Å². The summed E-state index contributed by atoms with van der Waals surface area (Å²) in [5.74, 6) is -0.995. The molecule has 0 aromatic carbocycles. The maximum Gasteiger partial charge on any atom is 0.472 e. The summed E-state index contributed by atoms with van der Waals surface area (Å²) in [4.78, 5) is 34.9. The van der Waals surface area contributed by atoms with Crippen LogP contribution in [-0.4, -0.2) is 65.7 Å². The molecule has 11 heteroatoms. The molecule has 0 saturated carbocycles. The molecule has 53 heavy (non-hydrogen) atoms. The van der Waals surface area contributed by atoms with Crippen LogP contribution in [0.3, 0.4) is 0 Å². The average molecular weight is 775 g/mol. The normalized spacial score (nSPS) is 14.1. The lowest BCUT2D eigenvalue weighted by Crippen LogP contribution is -2.29. The highest BCUT2D eigenvalue weighted by atomic mass is 31.2. The molecule has 10 nitrogen and oxygen atoms in total. The van der Waals surface area contributed by atoms with Crippen molar-refractivity contribution < 1.29 is 47.8 Å². The molecule has 0 rings (SSSR count). The summed E-state index contributed by atoms with van der Waals surface area (Å²) in [6, 6.07) is 0. The molecule has 0 bridgehead atoms. The first-order valence-electron chi connectivity index (χ1n) is 21.3. The van der Waals surface area contributed by atoms with Gasteiger partial charge in [-0.25, -0.2) is 4.57 Å². The van der Waals surface area contributed by atoms with Crippen LogP contribution in [0, 0.1) is 0 Å². The Kier molecular flexibility index (Phi) is 37.6. The van der Waals surface area contributed by atoms with Crippen LogP contribution in [0.15, 0.2) is 24.3 Å². The Balaban J connectivity index is 4.36. The van der Waals surface area contributed by atoms with E-state index in [1.54, 1.807) is 0 Å². The van der Waals surface area contributed by atoms with E-state index in [0.29, 0.717) is 12.8 Å². The monoisotopic (exact) mass is 775 g/mol. The molecule has 3 N–H and O–H groups in total. The zero-order valence-electron chi connectivity index (χ0n) is 33.7. The highest BCUT2D eigenvalue weighted by Gasteiger charge is 2.27. The molecule has 0 aliphatic heterocycles. The molecule has 0 heterocycles. The fourth-order valence-electron chi connectivity index (χ4n) is 5.81. The van der Waals surface area contributed by atoms with Crippen molar-refractivity contribution in [2.75, 3.05) is 26.4 Å². The molecule has 0 aliphatic carbocycles. The molecular weight excluding hydrogens is 695 g/mol. The molecule has 3 unspecified atom stereocenters. The fraction of sp³-hybridized carbons (Fsp3) is 0.857. The van der Waals surface area contributed by atoms with Crippen LogP contribution >= 0.6 is 7.82 Å². The number of aliphatic hydroxyl groups is 2. The van der Waals surface area contributed by atoms with Gasteiger partial charge in [0.2, 0.25) is 0 Å². The van der Waals surface area contributed by atoms with Crippen molar-refractivity contribution in [3.05, 3.63) is 24.3 Å². The van der Waals surface area contributed by atoms with Gasteiger partial charge in [-0.15, -0.1) is 0 Å². The Morgan fingerprint density at radius 3 is 1.53 bits per heavy atom. The van der Waals surface area contributed by atoms with Crippen molar-refractivity contribution in [2.24, 2.45) is 0 Å². The van der Waals surface area contributed by atoms with E-state index in [2.05, 4.69) is 30.5 Å². The lowest BCUT2D eigenvalue weighted by molar-refractivity contribution is -0.161. The first-order valence-corrected chi connectivity index (χ1v) is 22.8. The number of rotatable bonds is 40. The van der Waals surface area contributed by atoms with E-state index in [1.807, 2.05) is 12.2 Å². The molecule has 0 radical (unpaired) electrons. The largest absolute Gasteiger partial charge is 0.472 e. The van der Waals surface area contributed by atoms with Crippen LogP contribution in [0.2, 0.25) is 0 Å². The molecule has 3 atom stereocenters. The third-order valence-electron chi connectivity index (χ3n) is 9.12. The summed E-state index contributed by atoms with van der Waals surface area (Å²) < 4.78 is 32.6. The molecule has 0 spiro atoms. The predicted molar refractivity (Wildman–Crippen MR) is 215 cm³/mol. The van der Waals surface area contributed by atoms with Gasteiger partial charge in [-0.3, -0.25) is 18.6 Å². The third kappa shape index (κ3) is 38.5. The molecule has 0 amide bonds. The number of carbonyl (C=O) groups excluding carboxylic acids is 2. The van der Waals surface area contributed by atoms with Crippen molar-refractivity contribution >= 4 is 19.8 Å². The summed E-state index contributed by atoms with van der Waals surface area (Å²) in [7, 11) is -4.62. The van der Waals surface area contributed by atoms with Gasteiger partial charge in [-0.2, -0.15) is 0 Å². The second-order valence-corrected chi connectivity index (χ2v) is 15.8. The van der Waals surface area contributed by atoms with Crippen LogP contribution in [0.1, 0.15) is 194 Å². The predicted octanol–water partition coefficient (Wildman–Crippen LogP) is 11.0. The number of hydrogen-bond donors (Lipinski definition) is 3. The first-order chi connectivity index (χ1) is 25.7. The lowest BCUT2D eigenvalue weighted by atomic mass is 10.0. The first kappa shape index (κ1) is 51.5. The number of phosphoric acid groups is 1. The van der Waals surface area contributed by atoms with E-state index >= 15 is 0 Å². The maximum atomic E-state index is 12.5. The smallest absolute Gasteiger partial charge is 0.462 e. The molecule has 0 aromatic heterocycles. The van der Waals surface area contributed by atoms with Crippen LogP contribution < -0.4 is 0 Å². The SMILES string of the molecule is CCCCCCCCCCC=CCC=CCCC(=O)OC(COC(=O)CCCCCCCCCCCCCCCCC)COP(=O)(O)OCC(O)CO. The standard InChI is InChI=1S/C42H79O10P/c1-3-5-7-9-11-13-15-17-19-21-23-25-27-29-31-33-41(45)49-37-40(38-51-53(47,48)50-36-39(44)35-43)52-42(46)34-32-30-28-26-24-22-20-18-16-14-12-10-8-6-4-2/h22,24,28,30,39-40,43-44H,3-21,23,25-27,29,31-38H2,1-2H3,(H,47,48). The second-order valence-electron chi connectivity index (χ2n) is 14.4. The summed E-state index contributed by atoms with van der Waals surface area (Å²) in [5, 5.41) is 18.3. The Hall–Kier alpha value is -1.55. The Bertz CT molecular complexity index is 941. The van der Waals surface area contributed by atoms with Crippen molar-refractivity contribution in [2.45, 2.75) is 206 Å². The highest BCUT2D eigenvalue weighted by Crippen LogP contribution is 2.43. The van der Waals surface area contributed by atoms with Crippen molar-refractivity contribution in [1.82, 2.24) is 0 Å². The van der Waals surface area contributed by atoms with Crippen molar-refractivity contribution in [3.8, 4) is 0 Å². The van der Waals surface area contributed by atoms with Gasteiger partial charge in [0, 0.05) is 12.8 Å². The van der Waals surface area contributed by atoms with Gasteiger partial charge < -0.3 is 24.6 Å². The number of allylic oxidation sites excluding steroid dienone is 4. The van der Waals surface area contributed by atoms with Crippen LogP contribution in [0.25, 0.3) is 0 Å². The Morgan fingerprint density at radius 2 is 1.02 bits per heavy atom. The average Bonchev–Trinajstić information content (AvgIpc) is 3.14. The van der Waals surface area contributed by atoms with Gasteiger partial charge in [0.15, 0.2) is 6.10 Å². The quantitative estimate of drug-likeness (QED) is 0.0238. The summed E-state index contributed by atoms with van der Waals surface area (Å²) in [6.45, 7) is 2.33. The van der Waals surface area contributed by atoms with E-state index in [0.717, 1.165) is 32.1 Å². The molecular formula is C42H79O10P. The van der Waals surface area contributed by atoms with Crippen LogP contribution in [0.5, 0.6) is 0 Å². The zero-order chi connectivity index (χ0) is 39.1. The van der Waals surface area contributed by atoms with Crippen LogP contribution in [0.4, 0.5) is 0 Å². The van der Waals surface area contributed by atoms with E-state index < -0.39 is 51.8 Å².